The Hall–Kier alpha value is -3.13. The van der Waals surface area contributed by atoms with E-state index >= 15 is 0 Å². The lowest BCUT2D eigenvalue weighted by molar-refractivity contribution is 0.101. The molecule has 7 nitrogen and oxygen atoms in total. The number of sulfone groups is 1. The number of amides is 1. The minimum atomic E-state index is -3.49. The van der Waals surface area contributed by atoms with E-state index in [4.69, 9.17) is 4.74 Å². The molecule has 0 radical (unpaired) electrons. The predicted molar refractivity (Wildman–Crippen MR) is 101 cm³/mol. The highest BCUT2D eigenvalue weighted by Gasteiger charge is 2.35. The van der Waals surface area contributed by atoms with E-state index in [2.05, 4.69) is 10.3 Å². The third kappa shape index (κ3) is 3.08. The average Bonchev–Trinajstić information content (AvgIpc) is 3.20. The molecule has 2 aromatic carbocycles. The molecule has 0 saturated carbocycles. The molecule has 0 spiro atoms. The number of aromatic nitrogens is 2. The molecule has 0 bridgehead atoms. The number of fused-ring (bicyclic) bond motifs is 1. The molecule has 1 N–H and O–H groups in total. The van der Waals surface area contributed by atoms with E-state index in [1.807, 2.05) is 18.2 Å². The van der Waals surface area contributed by atoms with Gasteiger partial charge in [-0.2, -0.15) is 0 Å². The van der Waals surface area contributed by atoms with Crippen LogP contribution in [0.2, 0.25) is 0 Å². The zero-order valence-electron chi connectivity index (χ0n) is 14.5. The monoisotopic (exact) mass is 383 g/mol. The molecule has 0 unspecified atom stereocenters. The molecule has 2 heterocycles. The molecule has 0 fully saturated rings. The first-order chi connectivity index (χ1) is 13.0. The lowest BCUT2D eigenvalue weighted by atomic mass is 10.1. The van der Waals surface area contributed by atoms with Crippen LogP contribution in [0.5, 0.6) is 5.75 Å². The Labute approximate surface area is 156 Å². The summed E-state index contributed by atoms with van der Waals surface area (Å²) in [6.07, 6.45) is 0. The number of carbonyl (C=O) groups excluding carboxylic acids is 1. The van der Waals surface area contributed by atoms with Crippen molar-refractivity contribution in [3.05, 3.63) is 60.3 Å². The van der Waals surface area contributed by atoms with Crippen molar-refractivity contribution in [1.82, 2.24) is 9.55 Å². The maximum Gasteiger partial charge on any atom is 0.274 e. The first-order valence-corrected chi connectivity index (χ1v) is 9.99. The summed E-state index contributed by atoms with van der Waals surface area (Å²) in [5, 5.41) is 2.75. The van der Waals surface area contributed by atoms with E-state index in [-0.39, 0.29) is 23.1 Å². The van der Waals surface area contributed by atoms with Crippen LogP contribution in [0.4, 0.5) is 5.69 Å². The van der Waals surface area contributed by atoms with Gasteiger partial charge in [0, 0.05) is 17.8 Å². The zero-order chi connectivity index (χ0) is 19.0. The molecule has 138 valence electrons. The second-order valence-electron chi connectivity index (χ2n) is 6.11. The number of benzene rings is 2. The second kappa shape index (κ2) is 6.55. The van der Waals surface area contributed by atoms with Crippen LogP contribution in [0.1, 0.15) is 10.5 Å². The smallest absolute Gasteiger partial charge is 0.274 e. The number of hydrogen-bond acceptors (Lipinski definition) is 5. The highest BCUT2D eigenvalue weighted by Crippen LogP contribution is 2.31. The Morgan fingerprint density at radius 1 is 1.11 bits per heavy atom. The van der Waals surface area contributed by atoms with Crippen LogP contribution in [0.15, 0.2) is 59.8 Å². The number of anilines is 1. The summed E-state index contributed by atoms with van der Waals surface area (Å²) >= 11 is 0. The highest BCUT2D eigenvalue weighted by molar-refractivity contribution is 7.91. The van der Waals surface area contributed by atoms with Gasteiger partial charge in [-0.25, -0.2) is 13.4 Å². The van der Waals surface area contributed by atoms with Crippen molar-refractivity contribution in [2.24, 2.45) is 0 Å². The number of methoxy groups -OCH3 is 1. The largest absolute Gasteiger partial charge is 0.497 e. The van der Waals surface area contributed by atoms with Crippen molar-refractivity contribution in [2.45, 2.75) is 11.7 Å². The van der Waals surface area contributed by atoms with Gasteiger partial charge in [0.1, 0.15) is 17.1 Å². The Kier molecular flexibility index (Phi) is 4.19. The third-order valence-electron chi connectivity index (χ3n) is 4.40. The number of para-hydroxylation sites is 1. The minimum absolute atomic E-state index is 0.0517. The van der Waals surface area contributed by atoms with E-state index in [0.717, 1.165) is 0 Å². The fourth-order valence-corrected chi connectivity index (χ4v) is 4.43. The number of rotatable bonds is 4. The molecule has 0 saturated heterocycles. The standard InChI is InChI=1S/C19H17N3O4S/c1-26-15-9-7-13(8-10-15)16-17(18(23)20-14-5-3-2-4-6-14)22-11-12-27(24,25)19(22)21-16/h2-10H,11-12H2,1H3,(H,20,23). The first-order valence-electron chi connectivity index (χ1n) is 8.34. The maximum atomic E-state index is 13.0. The summed E-state index contributed by atoms with van der Waals surface area (Å²) in [6.45, 7) is 0.207. The normalized spacial score (nSPS) is 14.6. The van der Waals surface area contributed by atoms with E-state index in [1.54, 1.807) is 43.5 Å². The van der Waals surface area contributed by atoms with Gasteiger partial charge in [-0.3, -0.25) is 4.79 Å². The molecular formula is C19H17N3O4S. The molecule has 1 aromatic heterocycles. The van der Waals surface area contributed by atoms with Gasteiger partial charge in [-0.05, 0) is 36.4 Å². The van der Waals surface area contributed by atoms with Gasteiger partial charge in [0.05, 0.1) is 12.9 Å². The van der Waals surface area contributed by atoms with Crippen molar-refractivity contribution in [3.8, 4) is 17.0 Å². The summed E-state index contributed by atoms with van der Waals surface area (Å²) in [5.74, 6) is 0.209. The Balaban J connectivity index is 1.82. The molecule has 0 aliphatic carbocycles. The third-order valence-corrected chi connectivity index (χ3v) is 5.99. The molecule has 8 heteroatoms. The SMILES string of the molecule is COc1ccc(-c2nc3n(c2C(=O)Nc2ccccc2)CCS3(=O)=O)cc1. The number of hydrogen-bond donors (Lipinski definition) is 1. The predicted octanol–water partition coefficient (Wildman–Crippen LogP) is 2.60. The van der Waals surface area contributed by atoms with Gasteiger partial charge >= 0.3 is 0 Å². The van der Waals surface area contributed by atoms with Gasteiger partial charge in [-0.15, -0.1) is 0 Å². The highest BCUT2D eigenvalue weighted by atomic mass is 32.2. The van der Waals surface area contributed by atoms with Gasteiger partial charge in [0.2, 0.25) is 15.0 Å². The van der Waals surface area contributed by atoms with Crippen molar-refractivity contribution in [3.63, 3.8) is 0 Å². The number of nitrogens with zero attached hydrogens (tertiary/aromatic N) is 2. The number of nitrogens with one attached hydrogen (secondary N) is 1. The van der Waals surface area contributed by atoms with E-state index < -0.39 is 15.7 Å². The van der Waals surface area contributed by atoms with Crippen LogP contribution in [-0.2, 0) is 16.4 Å². The molecular weight excluding hydrogens is 366 g/mol. The summed E-state index contributed by atoms with van der Waals surface area (Å²) in [4.78, 5) is 17.3. The molecule has 1 amide bonds. The quantitative estimate of drug-likeness (QED) is 0.748. The van der Waals surface area contributed by atoms with E-state index in [0.29, 0.717) is 22.7 Å². The first kappa shape index (κ1) is 17.3. The van der Waals surface area contributed by atoms with Crippen molar-refractivity contribution >= 4 is 21.4 Å². The molecule has 1 aliphatic heterocycles. The van der Waals surface area contributed by atoms with Crippen LogP contribution in [-0.4, -0.2) is 36.7 Å². The number of carbonyl (C=O) groups is 1. The molecule has 27 heavy (non-hydrogen) atoms. The fourth-order valence-electron chi connectivity index (χ4n) is 3.07. The molecule has 4 rings (SSSR count). The average molecular weight is 383 g/mol. The lowest BCUT2D eigenvalue weighted by Gasteiger charge is -2.09. The molecule has 0 atom stereocenters. The zero-order valence-corrected chi connectivity index (χ0v) is 15.4. The van der Waals surface area contributed by atoms with Gasteiger partial charge in [-0.1, -0.05) is 18.2 Å². The Morgan fingerprint density at radius 3 is 2.48 bits per heavy atom. The number of imidazole rings is 1. The van der Waals surface area contributed by atoms with Crippen molar-refractivity contribution in [1.29, 1.82) is 0 Å². The molecule has 3 aromatic rings. The van der Waals surface area contributed by atoms with Crippen molar-refractivity contribution < 1.29 is 17.9 Å². The molecule has 1 aliphatic rings. The Morgan fingerprint density at radius 2 is 1.81 bits per heavy atom. The fraction of sp³-hybridized carbons (Fsp3) is 0.158. The van der Waals surface area contributed by atoms with Crippen LogP contribution >= 0.6 is 0 Å². The van der Waals surface area contributed by atoms with E-state index in [9.17, 15) is 13.2 Å². The minimum Gasteiger partial charge on any atom is -0.497 e. The topological polar surface area (TPSA) is 90.3 Å². The second-order valence-corrected chi connectivity index (χ2v) is 8.11. The van der Waals surface area contributed by atoms with E-state index in [1.165, 1.54) is 4.57 Å². The number of ether oxygens (including phenoxy) is 1. The summed E-state index contributed by atoms with van der Waals surface area (Å²) in [5.41, 5.74) is 1.84. The van der Waals surface area contributed by atoms with Crippen molar-refractivity contribution in [2.75, 3.05) is 18.2 Å². The van der Waals surface area contributed by atoms with Crippen LogP contribution in [0, 0.1) is 0 Å². The lowest BCUT2D eigenvalue weighted by Crippen LogP contribution is -2.17. The Bertz CT molecular complexity index is 1100. The summed E-state index contributed by atoms with van der Waals surface area (Å²) in [7, 11) is -1.93. The summed E-state index contributed by atoms with van der Waals surface area (Å²) in [6, 6.07) is 16.0. The van der Waals surface area contributed by atoms with Crippen LogP contribution in [0.3, 0.4) is 0 Å². The maximum absolute atomic E-state index is 13.0. The van der Waals surface area contributed by atoms with Crippen LogP contribution < -0.4 is 10.1 Å². The van der Waals surface area contributed by atoms with Gasteiger partial charge in [0.15, 0.2) is 0 Å². The van der Waals surface area contributed by atoms with Gasteiger partial charge in [0.25, 0.3) is 5.91 Å². The van der Waals surface area contributed by atoms with Gasteiger partial charge < -0.3 is 14.6 Å². The summed E-state index contributed by atoms with van der Waals surface area (Å²) < 4.78 is 31.2. The van der Waals surface area contributed by atoms with Crippen LogP contribution in [0.25, 0.3) is 11.3 Å².